The van der Waals surface area contributed by atoms with Gasteiger partial charge in [-0.25, -0.2) is 23.5 Å². The number of halogens is 2. The lowest BCUT2D eigenvalue weighted by Crippen LogP contribution is -2.49. The van der Waals surface area contributed by atoms with E-state index >= 15 is 0 Å². The zero-order chi connectivity index (χ0) is 19.4. The summed E-state index contributed by atoms with van der Waals surface area (Å²) >= 11 is 0. The van der Waals surface area contributed by atoms with E-state index in [-0.39, 0.29) is 11.8 Å². The highest BCUT2D eigenvalue weighted by Gasteiger charge is 2.23. The predicted octanol–water partition coefficient (Wildman–Crippen LogP) is 3.09. The molecule has 3 rings (SSSR count). The average Bonchev–Trinajstić information content (AvgIpc) is 2.65. The van der Waals surface area contributed by atoms with Crippen LogP contribution in [0.2, 0.25) is 0 Å². The van der Waals surface area contributed by atoms with Crippen molar-refractivity contribution >= 4 is 23.4 Å². The van der Waals surface area contributed by atoms with E-state index in [1.807, 2.05) is 4.90 Å². The van der Waals surface area contributed by atoms with E-state index in [4.69, 9.17) is 4.74 Å². The van der Waals surface area contributed by atoms with Crippen LogP contribution in [0.15, 0.2) is 24.3 Å². The zero-order valence-electron chi connectivity index (χ0n) is 15.2. The Kier molecular flexibility index (Phi) is 5.68. The van der Waals surface area contributed by atoms with Gasteiger partial charge in [0.15, 0.2) is 0 Å². The van der Waals surface area contributed by atoms with Gasteiger partial charge in [0.05, 0.1) is 6.61 Å². The van der Waals surface area contributed by atoms with E-state index in [2.05, 4.69) is 15.3 Å². The number of anilines is 3. The van der Waals surface area contributed by atoms with Crippen LogP contribution < -0.4 is 10.2 Å². The molecule has 0 atom stereocenters. The minimum Gasteiger partial charge on any atom is -0.450 e. The van der Waals surface area contributed by atoms with Gasteiger partial charge in [-0.3, -0.25) is 0 Å². The van der Waals surface area contributed by atoms with Crippen LogP contribution in [0.5, 0.6) is 0 Å². The molecule has 144 valence electrons. The lowest BCUT2D eigenvalue weighted by molar-refractivity contribution is 0.105. The molecular formula is C18H21F2N5O2. The molecule has 0 radical (unpaired) electrons. The van der Waals surface area contributed by atoms with Gasteiger partial charge >= 0.3 is 6.09 Å². The molecule has 9 heteroatoms. The molecule has 0 aliphatic carbocycles. The van der Waals surface area contributed by atoms with E-state index < -0.39 is 11.6 Å². The molecule has 1 amide bonds. The number of aromatic nitrogens is 2. The van der Waals surface area contributed by atoms with Crippen LogP contribution in [0.25, 0.3) is 0 Å². The summed E-state index contributed by atoms with van der Waals surface area (Å²) < 4.78 is 32.7. The van der Waals surface area contributed by atoms with Gasteiger partial charge in [0.25, 0.3) is 0 Å². The van der Waals surface area contributed by atoms with Crippen LogP contribution in [-0.2, 0) is 4.74 Å². The quantitative estimate of drug-likeness (QED) is 0.883. The molecule has 1 fully saturated rings. The third kappa shape index (κ3) is 4.42. The van der Waals surface area contributed by atoms with Gasteiger partial charge in [-0.1, -0.05) is 6.07 Å². The molecule has 27 heavy (non-hydrogen) atoms. The number of amides is 1. The molecule has 0 saturated carbocycles. The zero-order valence-corrected chi connectivity index (χ0v) is 15.2. The molecule has 0 bridgehead atoms. The fourth-order valence-electron chi connectivity index (χ4n) is 2.86. The predicted molar refractivity (Wildman–Crippen MR) is 97.2 cm³/mol. The van der Waals surface area contributed by atoms with Crippen LogP contribution in [0, 0.1) is 18.6 Å². The normalized spacial score (nSPS) is 14.2. The number of hydrogen-bond acceptors (Lipinski definition) is 6. The molecule has 1 N–H and O–H groups in total. The van der Waals surface area contributed by atoms with Gasteiger partial charge < -0.3 is 19.9 Å². The number of carbonyl (C=O) groups excluding carboxylic acids is 1. The van der Waals surface area contributed by atoms with Crippen molar-refractivity contribution in [2.45, 2.75) is 13.8 Å². The highest BCUT2D eigenvalue weighted by Crippen LogP contribution is 2.24. The van der Waals surface area contributed by atoms with Crippen molar-refractivity contribution < 1.29 is 18.3 Å². The second-order valence-corrected chi connectivity index (χ2v) is 6.05. The summed E-state index contributed by atoms with van der Waals surface area (Å²) in [6.45, 7) is 5.97. The van der Waals surface area contributed by atoms with Crippen molar-refractivity contribution in [2.24, 2.45) is 0 Å². The third-order valence-corrected chi connectivity index (χ3v) is 4.17. The first-order chi connectivity index (χ1) is 13.0. The fourth-order valence-corrected chi connectivity index (χ4v) is 2.86. The van der Waals surface area contributed by atoms with Crippen molar-refractivity contribution in [3.63, 3.8) is 0 Å². The van der Waals surface area contributed by atoms with E-state index in [0.717, 1.165) is 0 Å². The summed E-state index contributed by atoms with van der Waals surface area (Å²) in [5, 5.41) is 2.69. The van der Waals surface area contributed by atoms with E-state index in [9.17, 15) is 13.6 Å². The summed E-state index contributed by atoms with van der Waals surface area (Å²) in [5.41, 5.74) is -0.256. The molecule has 1 aliphatic heterocycles. The Morgan fingerprint density at radius 3 is 2.48 bits per heavy atom. The maximum atomic E-state index is 13.9. The average molecular weight is 377 g/mol. The Balaban J connectivity index is 1.74. The lowest BCUT2D eigenvalue weighted by atomic mass is 10.3. The SMILES string of the molecule is CCOC(=O)N1CCN(c2cc(Nc3c(F)cccc3F)nc(C)n2)CC1. The third-order valence-electron chi connectivity index (χ3n) is 4.17. The molecule has 1 aromatic carbocycles. The van der Waals surface area contributed by atoms with Gasteiger partial charge in [0.1, 0.15) is 34.8 Å². The number of ether oxygens (including phenoxy) is 1. The minimum absolute atomic E-state index is 0.256. The molecule has 1 saturated heterocycles. The van der Waals surface area contributed by atoms with Crippen LogP contribution >= 0.6 is 0 Å². The van der Waals surface area contributed by atoms with Crippen molar-refractivity contribution in [3.05, 3.63) is 41.7 Å². The van der Waals surface area contributed by atoms with Crippen LogP contribution in [0.4, 0.5) is 30.9 Å². The van der Waals surface area contributed by atoms with Gasteiger partial charge in [-0.2, -0.15) is 0 Å². The van der Waals surface area contributed by atoms with Crippen LogP contribution in [-0.4, -0.2) is 53.7 Å². The summed E-state index contributed by atoms with van der Waals surface area (Å²) in [6.07, 6.45) is -0.326. The number of para-hydroxylation sites is 1. The molecule has 1 aromatic heterocycles. The summed E-state index contributed by atoms with van der Waals surface area (Å²) in [5.74, 6) is 0.00545. The highest BCUT2D eigenvalue weighted by atomic mass is 19.1. The van der Waals surface area contributed by atoms with Crippen molar-refractivity contribution in [2.75, 3.05) is 43.0 Å². The number of carbonyl (C=O) groups is 1. The first kappa shape index (κ1) is 18.8. The number of hydrogen-bond donors (Lipinski definition) is 1. The van der Waals surface area contributed by atoms with Gasteiger partial charge in [0.2, 0.25) is 0 Å². The van der Waals surface area contributed by atoms with Crippen molar-refractivity contribution in [1.82, 2.24) is 14.9 Å². The smallest absolute Gasteiger partial charge is 0.409 e. The fraction of sp³-hybridized carbons (Fsp3) is 0.389. The van der Waals surface area contributed by atoms with Gasteiger partial charge in [-0.05, 0) is 26.0 Å². The molecular weight excluding hydrogens is 356 g/mol. The number of rotatable bonds is 4. The largest absolute Gasteiger partial charge is 0.450 e. The number of piperazine rings is 1. The topological polar surface area (TPSA) is 70.6 Å². The Bertz CT molecular complexity index is 805. The molecule has 2 heterocycles. The molecule has 7 nitrogen and oxygen atoms in total. The van der Waals surface area contributed by atoms with Gasteiger partial charge in [0, 0.05) is 32.2 Å². The standard InChI is InChI=1S/C18H21F2N5O2/c1-3-27-18(26)25-9-7-24(8-10-25)16-11-15(21-12(2)22-16)23-17-13(19)5-4-6-14(17)20/h4-6,11H,3,7-10H2,1-2H3,(H,21,22,23). The second-order valence-electron chi connectivity index (χ2n) is 6.05. The maximum absolute atomic E-state index is 13.9. The van der Waals surface area contributed by atoms with Crippen LogP contribution in [0.3, 0.4) is 0 Å². The van der Waals surface area contributed by atoms with E-state index in [1.54, 1.807) is 24.8 Å². The highest BCUT2D eigenvalue weighted by molar-refractivity contribution is 5.68. The Morgan fingerprint density at radius 2 is 1.85 bits per heavy atom. The van der Waals surface area contributed by atoms with Crippen molar-refractivity contribution in [3.8, 4) is 0 Å². The molecule has 0 spiro atoms. The van der Waals surface area contributed by atoms with E-state index in [0.29, 0.717) is 50.2 Å². The Labute approximate surface area is 156 Å². The summed E-state index contributed by atoms with van der Waals surface area (Å²) in [7, 11) is 0. The molecule has 2 aromatic rings. The number of nitrogens with zero attached hydrogens (tertiary/aromatic N) is 4. The summed E-state index contributed by atoms with van der Waals surface area (Å²) in [6, 6.07) is 5.29. The van der Waals surface area contributed by atoms with E-state index in [1.165, 1.54) is 18.2 Å². The lowest BCUT2D eigenvalue weighted by Gasteiger charge is -2.34. The Morgan fingerprint density at radius 1 is 1.19 bits per heavy atom. The first-order valence-electron chi connectivity index (χ1n) is 8.71. The maximum Gasteiger partial charge on any atom is 0.409 e. The van der Waals surface area contributed by atoms with Crippen molar-refractivity contribution in [1.29, 1.82) is 0 Å². The minimum atomic E-state index is -0.698. The first-order valence-corrected chi connectivity index (χ1v) is 8.71. The summed E-state index contributed by atoms with van der Waals surface area (Å²) in [4.78, 5) is 24.0. The molecule has 0 unspecified atom stereocenters. The van der Waals surface area contributed by atoms with Crippen LogP contribution in [0.1, 0.15) is 12.7 Å². The number of aryl methyl sites for hydroxylation is 1. The number of benzene rings is 1. The van der Waals surface area contributed by atoms with Gasteiger partial charge in [-0.15, -0.1) is 0 Å². The number of nitrogens with one attached hydrogen (secondary N) is 1. The molecule has 1 aliphatic rings. The monoisotopic (exact) mass is 377 g/mol. The Hall–Kier alpha value is -2.97. The second kappa shape index (κ2) is 8.15.